The second-order valence-electron chi connectivity index (χ2n) is 22.1. The molecule has 424 valence electrons. The monoisotopic (exact) mass is 1100 g/mol. The van der Waals surface area contributed by atoms with Gasteiger partial charge in [-0.3, -0.25) is 48.5 Å². The van der Waals surface area contributed by atoms with Crippen LogP contribution in [-0.2, 0) is 56.7 Å². The van der Waals surface area contributed by atoms with Crippen molar-refractivity contribution in [2.24, 2.45) is 17.8 Å². The number of rotatable bonds is 15. The van der Waals surface area contributed by atoms with Crippen molar-refractivity contribution in [2.75, 3.05) is 20.0 Å². The zero-order valence-electron chi connectivity index (χ0n) is 46.8. The van der Waals surface area contributed by atoms with Crippen LogP contribution in [0.25, 0.3) is 10.9 Å². The Bertz CT molecular complexity index is 2820. The van der Waals surface area contributed by atoms with Crippen molar-refractivity contribution in [1.29, 1.82) is 0 Å². The lowest BCUT2D eigenvalue weighted by atomic mass is 9.92. The van der Waals surface area contributed by atoms with Gasteiger partial charge in [-0.1, -0.05) is 76.6 Å². The fourth-order valence-electron chi connectivity index (χ4n) is 10.1. The third-order valence-electron chi connectivity index (χ3n) is 14.6. The van der Waals surface area contributed by atoms with Crippen LogP contribution in [0, 0.1) is 27.9 Å². The van der Waals surface area contributed by atoms with Crippen LogP contribution in [0.2, 0.25) is 0 Å². The predicted octanol–water partition coefficient (Wildman–Crippen LogP) is 5.88. The largest absolute Gasteiger partial charge is 0.419 e. The minimum atomic E-state index is -1.45. The van der Waals surface area contributed by atoms with Gasteiger partial charge in [-0.2, -0.15) is 0 Å². The number of para-hydroxylation sites is 1. The maximum atomic E-state index is 15.4. The van der Waals surface area contributed by atoms with Crippen molar-refractivity contribution in [1.82, 2.24) is 35.2 Å². The highest BCUT2D eigenvalue weighted by Gasteiger charge is 2.43. The Hall–Kier alpha value is -6.93. The first-order valence-electron chi connectivity index (χ1n) is 26.5. The van der Waals surface area contributed by atoms with Gasteiger partial charge in [0.2, 0.25) is 41.2 Å². The molecule has 2 aromatic carbocycles. The number of hydrogen-bond acceptors (Lipinski definition) is 12. The highest BCUT2D eigenvalue weighted by atomic mass is 35.5. The number of nitrogens with zero attached hydrogens (tertiary/aromatic N) is 5. The molecule has 4 N–H and O–H groups in total. The summed E-state index contributed by atoms with van der Waals surface area (Å²) in [7, 11) is 2.85. The molecule has 21 heteroatoms. The van der Waals surface area contributed by atoms with E-state index >= 15 is 4.79 Å². The number of carbonyl (C=O) groups excluding carboxylic acids is 8. The minimum Gasteiger partial charge on any atom is -0.419 e. The number of nitro benzene ring substituents is 1. The Morgan fingerprint density at radius 2 is 1.47 bits per heavy atom. The average molecular weight is 1100 g/mol. The summed E-state index contributed by atoms with van der Waals surface area (Å²) in [5.74, 6) is -7.38. The number of nitro groups is 1. The van der Waals surface area contributed by atoms with Gasteiger partial charge >= 0.3 is 11.7 Å². The molecule has 1 fully saturated rings. The average Bonchev–Trinajstić information content (AvgIpc) is 3.81. The van der Waals surface area contributed by atoms with E-state index in [0.717, 1.165) is 13.0 Å². The number of benzene rings is 2. The molecule has 20 nitrogen and oxygen atoms in total. The van der Waals surface area contributed by atoms with E-state index in [-0.39, 0.29) is 67.6 Å². The molecule has 0 unspecified atom stereocenters. The smallest absolute Gasteiger partial charge is 0.311 e. The first kappa shape index (κ1) is 61.9. The molecule has 5 rings (SSSR count). The normalized spacial score (nSPS) is 23.3. The molecule has 8 atom stereocenters. The molecule has 0 spiro atoms. The van der Waals surface area contributed by atoms with Gasteiger partial charge in [0.25, 0.3) is 0 Å². The van der Waals surface area contributed by atoms with Crippen LogP contribution in [-0.4, -0.2) is 139 Å². The lowest BCUT2D eigenvalue weighted by Crippen LogP contribution is -2.60. The summed E-state index contributed by atoms with van der Waals surface area (Å²) in [5, 5.41) is 32.7. The van der Waals surface area contributed by atoms with E-state index in [1.54, 1.807) is 38.4 Å². The highest BCUT2D eigenvalue weighted by molar-refractivity contribution is 6.18. The van der Waals surface area contributed by atoms with Crippen molar-refractivity contribution in [3.8, 4) is 5.75 Å². The zero-order valence-corrected chi connectivity index (χ0v) is 47.6. The van der Waals surface area contributed by atoms with E-state index in [0.29, 0.717) is 22.0 Å². The molecule has 0 aliphatic carbocycles. The number of aliphatic hydroxyl groups is 1. The number of esters is 1. The SMILES string of the molecule is C/C=C/C[C@@H]1NC(=O)[C@H](CC(C)C)N2C=C(C)C[C@@H](C2=O)N(C)C(=O)[C@H](C)CC(=O)[C@H](Cc2ccc(OC(C)=O)c([N+](=O)[O-])c2)NC(=O)[C@H](CC(C)C)N(C)C(=O)[C@H](Cc2cn(C(C)(C)[C@H](O)CCl)c3ccccc23)NC1=O. The number of nitrogens with one attached hydrogen (secondary N) is 3. The number of alkyl halides is 1. The minimum absolute atomic E-state index is 0.0208. The van der Waals surface area contributed by atoms with Crippen molar-refractivity contribution in [2.45, 2.75) is 162 Å². The Kier molecular flexibility index (Phi) is 21.1. The van der Waals surface area contributed by atoms with Gasteiger partial charge in [0.1, 0.15) is 30.2 Å². The van der Waals surface area contributed by atoms with Crippen LogP contribution in [0.5, 0.6) is 5.75 Å². The molecule has 1 saturated heterocycles. The second kappa shape index (κ2) is 26.6. The first-order chi connectivity index (χ1) is 36.6. The van der Waals surface area contributed by atoms with Gasteiger partial charge in [-0.25, -0.2) is 0 Å². The number of allylic oxidation sites excluding steroid dienone is 1. The first-order valence-corrected chi connectivity index (χ1v) is 27.0. The molecule has 3 heterocycles. The maximum absolute atomic E-state index is 15.4. The molecule has 2 aliphatic rings. The Labute approximate surface area is 461 Å². The second-order valence-corrected chi connectivity index (χ2v) is 22.4. The maximum Gasteiger partial charge on any atom is 0.311 e. The van der Waals surface area contributed by atoms with E-state index < -0.39 is 118 Å². The number of ether oxygens (including phenoxy) is 1. The fourth-order valence-corrected chi connectivity index (χ4v) is 10.5. The van der Waals surface area contributed by atoms with E-state index in [9.17, 15) is 48.8 Å². The zero-order chi connectivity index (χ0) is 58.1. The third-order valence-corrected chi connectivity index (χ3v) is 14.9. The molecule has 0 radical (unpaired) electrons. The van der Waals surface area contributed by atoms with E-state index in [1.165, 1.54) is 47.9 Å². The van der Waals surface area contributed by atoms with E-state index in [1.807, 2.05) is 70.4 Å². The number of Topliss-reactive ketones (excluding diaryl/α,β-unsaturated/α-hetero) is 1. The Morgan fingerprint density at radius 1 is 0.859 bits per heavy atom. The lowest BCUT2D eigenvalue weighted by Gasteiger charge is -2.39. The topological polar surface area (TPSA) is 260 Å². The molecule has 0 saturated carbocycles. The van der Waals surface area contributed by atoms with Crippen molar-refractivity contribution in [3.05, 3.63) is 93.8 Å². The van der Waals surface area contributed by atoms with Crippen LogP contribution in [0.1, 0.15) is 112 Å². The van der Waals surface area contributed by atoms with Gasteiger partial charge < -0.3 is 45.1 Å². The number of halogens is 1. The van der Waals surface area contributed by atoms with Gasteiger partial charge in [0.15, 0.2) is 5.78 Å². The van der Waals surface area contributed by atoms with Gasteiger partial charge in [-0.05, 0) is 94.9 Å². The molecular weight excluding hydrogens is 1020 g/mol. The quantitative estimate of drug-likeness (QED) is 0.0348. The lowest BCUT2D eigenvalue weighted by molar-refractivity contribution is -0.385. The molecule has 1 aromatic heterocycles. The van der Waals surface area contributed by atoms with E-state index in [4.69, 9.17) is 16.3 Å². The third kappa shape index (κ3) is 14.8. The Morgan fingerprint density at radius 3 is 2.09 bits per heavy atom. The van der Waals surface area contributed by atoms with Gasteiger partial charge in [0.05, 0.1) is 28.5 Å². The van der Waals surface area contributed by atoms with E-state index in [2.05, 4.69) is 16.0 Å². The Balaban J connectivity index is 1.72. The van der Waals surface area contributed by atoms with Crippen molar-refractivity contribution in [3.63, 3.8) is 0 Å². The number of aromatic nitrogens is 1. The summed E-state index contributed by atoms with van der Waals surface area (Å²) in [6.07, 6.45) is 5.11. The summed E-state index contributed by atoms with van der Waals surface area (Å²) in [6, 6.07) is 3.38. The number of hydrogen-bond donors (Lipinski definition) is 4. The molecule has 2 aliphatic heterocycles. The summed E-state index contributed by atoms with van der Waals surface area (Å²) in [5.41, 5.74) is 0.608. The number of carbonyl (C=O) groups is 8. The summed E-state index contributed by atoms with van der Waals surface area (Å²) >= 11 is 6.20. The number of likely N-dealkylation sites (N-methyl/N-ethyl adjacent to an activating group) is 2. The summed E-state index contributed by atoms with van der Waals surface area (Å²) < 4.78 is 6.94. The van der Waals surface area contributed by atoms with Crippen LogP contribution >= 0.6 is 11.6 Å². The number of ketones is 1. The highest BCUT2D eigenvalue weighted by Crippen LogP contribution is 2.33. The number of fused-ring (bicyclic) bond motifs is 3. The molecular formula is C57H77ClN8O12. The van der Waals surface area contributed by atoms with Crippen LogP contribution < -0.4 is 20.7 Å². The van der Waals surface area contributed by atoms with Crippen molar-refractivity contribution >= 4 is 75.4 Å². The van der Waals surface area contributed by atoms with Gasteiger partial charge in [-0.15, -0.1) is 11.6 Å². The van der Waals surface area contributed by atoms with Crippen LogP contribution in [0.3, 0.4) is 0 Å². The molecule has 2 bridgehead atoms. The van der Waals surface area contributed by atoms with Gasteiger partial charge in [0, 0.05) is 69.1 Å². The molecule has 78 heavy (non-hydrogen) atoms. The summed E-state index contributed by atoms with van der Waals surface area (Å²) in [6.45, 7) is 17.2. The standard InChI is InChI=1S/C57H77ClN8O12/c1-13-14-18-40-51(70)61-42(28-38-31-65(57(9,10)50(69)29-58)43-19-16-15-17-39(38)43)55(74)62(11)45(22-32(2)3)52(71)60-41(26-37-20-21-49(78-36(8)67)44(27-37)66(76)77)48(68)25-35(7)54(73)63(12)47-24-34(6)30-64(56(47)75)46(23-33(4)5)53(72)59-40/h13-17,19-21,27,30-33,35,40-42,45-47,50,69H,18,22-26,28-29H2,1-12H3,(H,59,72)(H,60,71)(H,61,70)/b14-13+/t35-,40+,41+,42+,45+,46+,47+,50-/m1/s1. The van der Waals surface area contributed by atoms with Crippen LogP contribution in [0.15, 0.2) is 72.6 Å². The summed E-state index contributed by atoms with van der Waals surface area (Å²) in [4.78, 5) is 131. The van der Waals surface area contributed by atoms with Crippen LogP contribution in [0.4, 0.5) is 5.69 Å². The molecule has 6 amide bonds. The van der Waals surface area contributed by atoms with Crippen molar-refractivity contribution < 1.29 is 53.1 Å². The predicted molar refractivity (Wildman–Crippen MR) is 295 cm³/mol. The number of amides is 6. The number of aliphatic hydroxyl groups excluding tert-OH is 1. The molecule has 3 aromatic rings. The fraction of sp³-hybridized carbons (Fsp3) is 0.544.